The van der Waals surface area contributed by atoms with E-state index in [9.17, 15) is 18.0 Å². The van der Waals surface area contributed by atoms with Gasteiger partial charge in [-0.2, -0.15) is 13.2 Å². The molecule has 1 atom stereocenters. The van der Waals surface area contributed by atoms with Gasteiger partial charge in [-0.05, 0) is 50.9 Å². The van der Waals surface area contributed by atoms with Crippen molar-refractivity contribution in [2.45, 2.75) is 44.8 Å². The van der Waals surface area contributed by atoms with E-state index in [-0.39, 0.29) is 11.9 Å². The summed E-state index contributed by atoms with van der Waals surface area (Å²) in [6.07, 6.45) is 0.749. The fourth-order valence-electron chi connectivity index (χ4n) is 4.83. The third-order valence-corrected chi connectivity index (χ3v) is 6.85. The molecule has 2 aromatic rings. The summed E-state index contributed by atoms with van der Waals surface area (Å²) < 4.78 is 38.9. The van der Waals surface area contributed by atoms with Gasteiger partial charge in [0.2, 0.25) is 5.91 Å². The van der Waals surface area contributed by atoms with E-state index < -0.39 is 11.7 Å². The van der Waals surface area contributed by atoms with Crippen LogP contribution in [0.25, 0.3) is 0 Å². The lowest BCUT2D eigenvalue weighted by Gasteiger charge is -2.36. The molecule has 9 heteroatoms. The molecule has 4 rings (SSSR count). The molecule has 0 radical (unpaired) electrons. The predicted octanol–water partition coefficient (Wildman–Crippen LogP) is 4.41. The lowest BCUT2D eigenvalue weighted by atomic mass is 10.0. The first-order chi connectivity index (χ1) is 16.8. The Balaban J connectivity index is 1.18. The number of hydrogen-bond donors (Lipinski definition) is 1. The smallest absolute Gasteiger partial charge is 0.379 e. The first-order valence-electron chi connectivity index (χ1n) is 12.4. The van der Waals surface area contributed by atoms with Crippen molar-refractivity contribution in [2.75, 3.05) is 56.0 Å². The number of nitrogens with one attached hydrogen (secondary N) is 1. The van der Waals surface area contributed by atoms with Crippen molar-refractivity contribution >= 4 is 17.3 Å². The topological polar surface area (TPSA) is 51.7 Å². The molecule has 1 N–H and O–H groups in total. The molecule has 190 valence electrons. The molecule has 0 saturated carbocycles. The van der Waals surface area contributed by atoms with E-state index in [2.05, 4.69) is 51.3 Å². The summed E-state index contributed by atoms with van der Waals surface area (Å²) in [6.45, 7) is 8.15. The van der Waals surface area contributed by atoms with E-state index >= 15 is 0 Å². The summed E-state index contributed by atoms with van der Waals surface area (Å²) in [5.41, 5.74) is 2.09. The zero-order valence-electron chi connectivity index (χ0n) is 20.2. The number of pyridine rings is 1. The maximum atomic E-state index is 13.0. The maximum Gasteiger partial charge on any atom is 0.417 e. The van der Waals surface area contributed by atoms with Crippen molar-refractivity contribution in [1.82, 2.24) is 14.8 Å². The van der Waals surface area contributed by atoms with Crippen LogP contribution in [0, 0.1) is 6.92 Å². The summed E-state index contributed by atoms with van der Waals surface area (Å²) in [5.74, 6) is 0.122. The number of rotatable bonds is 7. The lowest BCUT2D eigenvalue weighted by molar-refractivity contribution is -0.137. The summed E-state index contributed by atoms with van der Waals surface area (Å²) in [7, 11) is 0. The molecule has 2 fully saturated rings. The van der Waals surface area contributed by atoms with Crippen molar-refractivity contribution in [1.29, 1.82) is 0 Å². The summed E-state index contributed by atoms with van der Waals surface area (Å²) >= 11 is 0. The molecular formula is C26H34F3N5O. The summed E-state index contributed by atoms with van der Waals surface area (Å²) in [4.78, 5) is 23.2. The Morgan fingerprint density at radius 2 is 1.83 bits per heavy atom. The molecule has 0 unspecified atom stereocenters. The average Bonchev–Trinajstić information content (AvgIpc) is 2.85. The number of piperidine rings is 1. The SMILES string of the molecule is Cc1ccc(N2CCN(CCCC(=O)N3CCC[C@H](Nc4cncc(C(F)(F)F)c4)C3)CC2)cc1. The molecule has 2 aliphatic heterocycles. The molecule has 1 aromatic heterocycles. The largest absolute Gasteiger partial charge is 0.417 e. The number of piperazine rings is 1. The maximum absolute atomic E-state index is 13.0. The van der Waals surface area contributed by atoms with Crippen molar-refractivity contribution in [3.05, 3.63) is 53.9 Å². The molecule has 1 amide bonds. The Bertz CT molecular complexity index is 974. The third-order valence-electron chi connectivity index (χ3n) is 6.85. The van der Waals surface area contributed by atoms with Crippen LogP contribution >= 0.6 is 0 Å². The van der Waals surface area contributed by atoms with Gasteiger partial charge in [0.1, 0.15) is 0 Å². The zero-order chi connectivity index (χ0) is 24.8. The molecule has 6 nitrogen and oxygen atoms in total. The van der Waals surface area contributed by atoms with Gasteiger partial charge in [0.25, 0.3) is 0 Å². The summed E-state index contributed by atoms with van der Waals surface area (Å²) in [6, 6.07) is 9.64. The number of aromatic nitrogens is 1. The first-order valence-corrected chi connectivity index (χ1v) is 12.4. The number of carbonyl (C=O) groups is 1. The van der Waals surface area contributed by atoms with Crippen LogP contribution < -0.4 is 10.2 Å². The highest BCUT2D eigenvalue weighted by Crippen LogP contribution is 2.30. The van der Waals surface area contributed by atoms with E-state index in [1.54, 1.807) is 0 Å². The van der Waals surface area contributed by atoms with Crippen LogP contribution in [-0.2, 0) is 11.0 Å². The molecule has 2 aliphatic rings. The predicted molar refractivity (Wildman–Crippen MR) is 132 cm³/mol. The Morgan fingerprint density at radius 1 is 1.09 bits per heavy atom. The minimum atomic E-state index is -4.42. The number of carbonyl (C=O) groups excluding carboxylic acids is 1. The molecule has 0 spiro atoms. The van der Waals surface area contributed by atoms with Crippen LogP contribution in [-0.4, -0.2) is 72.5 Å². The van der Waals surface area contributed by atoms with Crippen LogP contribution in [0.3, 0.4) is 0 Å². The highest BCUT2D eigenvalue weighted by atomic mass is 19.4. The Labute approximate surface area is 205 Å². The minimum absolute atomic E-state index is 0.0761. The number of alkyl halides is 3. The van der Waals surface area contributed by atoms with E-state index in [4.69, 9.17) is 0 Å². The van der Waals surface area contributed by atoms with Gasteiger partial charge in [0.15, 0.2) is 0 Å². The Morgan fingerprint density at radius 3 is 2.54 bits per heavy atom. The number of halogens is 3. The molecular weight excluding hydrogens is 455 g/mol. The molecule has 35 heavy (non-hydrogen) atoms. The van der Waals surface area contributed by atoms with E-state index in [1.807, 2.05) is 4.90 Å². The van der Waals surface area contributed by atoms with Gasteiger partial charge in [-0.3, -0.25) is 14.7 Å². The van der Waals surface area contributed by atoms with Crippen LogP contribution in [0.5, 0.6) is 0 Å². The van der Waals surface area contributed by atoms with Gasteiger partial charge >= 0.3 is 6.18 Å². The van der Waals surface area contributed by atoms with Gasteiger partial charge in [0, 0.05) is 69.8 Å². The van der Waals surface area contributed by atoms with Gasteiger partial charge in [-0.15, -0.1) is 0 Å². The van der Waals surface area contributed by atoms with Gasteiger partial charge in [-0.1, -0.05) is 17.7 Å². The Kier molecular flexibility index (Phi) is 8.15. The normalized spacial score (nSPS) is 19.6. The highest BCUT2D eigenvalue weighted by molar-refractivity contribution is 5.76. The number of likely N-dealkylation sites (tertiary alicyclic amines) is 1. The fraction of sp³-hybridized carbons (Fsp3) is 0.538. The monoisotopic (exact) mass is 489 g/mol. The van der Waals surface area contributed by atoms with Crippen LogP contribution in [0.15, 0.2) is 42.7 Å². The van der Waals surface area contributed by atoms with Crippen LogP contribution in [0.2, 0.25) is 0 Å². The standard InChI is InChI=1S/C26H34F3N5O/c1-20-6-8-24(9-7-20)33-14-12-32(13-15-33)10-3-5-25(35)34-11-2-4-22(19-34)31-23-16-21(17-30-18-23)26(27,28)29/h6-9,16-18,22,31H,2-5,10-15,19H2,1H3/t22-/m0/s1. The van der Waals surface area contributed by atoms with Crippen LogP contribution in [0.4, 0.5) is 24.5 Å². The molecule has 2 saturated heterocycles. The van der Waals surface area contributed by atoms with Crippen molar-refractivity contribution < 1.29 is 18.0 Å². The number of hydrogen-bond acceptors (Lipinski definition) is 5. The van der Waals surface area contributed by atoms with E-state index in [1.165, 1.54) is 17.4 Å². The fourth-order valence-corrected chi connectivity index (χ4v) is 4.83. The number of aryl methyl sites for hydroxylation is 1. The first kappa shape index (κ1) is 25.3. The lowest BCUT2D eigenvalue weighted by Crippen LogP contribution is -2.47. The van der Waals surface area contributed by atoms with Crippen molar-refractivity contribution in [3.63, 3.8) is 0 Å². The summed E-state index contributed by atoms with van der Waals surface area (Å²) in [5, 5.41) is 3.14. The second-order valence-electron chi connectivity index (χ2n) is 9.55. The van der Waals surface area contributed by atoms with E-state index in [0.29, 0.717) is 25.2 Å². The third kappa shape index (κ3) is 7.10. The average molecular weight is 490 g/mol. The molecule has 0 bridgehead atoms. The van der Waals surface area contributed by atoms with Crippen LogP contribution in [0.1, 0.15) is 36.8 Å². The number of amides is 1. The minimum Gasteiger partial charge on any atom is -0.379 e. The number of benzene rings is 1. The second-order valence-corrected chi connectivity index (χ2v) is 9.55. The van der Waals surface area contributed by atoms with Crippen molar-refractivity contribution in [3.8, 4) is 0 Å². The van der Waals surface area contributed by atoms with Gasteiger partial charge < -0.3 is 15.1 Å². The number of nitrogens with zero attached hydrogens (tertiary/aromatic N) is 4. The quantitative estimate of drug-likeness (QED) is 0.624. The second kappa shape index (κ2) is 11.3. The zero-order valence-corrected chi connectivity index (χ0v) is 20.2. The number of anilines is 2. The molecule has 3 heterocycles. The van der Waals surface area contributed by atoms with Gasteiger partial charge in [0.05, 0.1) is 11.3 Å². The van der Waals surface area contributed by atoms with E-state index in [0.717, 1.165) is 64.2 Å². The van der Waals surface area contributed by atoms with Gasteiger partial charge in [-0.25, -0.2) is 0 Å². The molecule has 0 aliphatic carbocycles. The molecule has 1 aromatic carbocycles. The highest BCUT2D eigenvalue weighted by Gasteiger charge is 2.31. The Hall–Kier alpha value is -2.81. The van der Waals surface area contributed by atoms with Crippen molar-refractivity contribution in [2.24, 2.45) is 0 Å².